The van der Waals surface area contributed by atoms with Crippen LogP contribution in [0.2, 0.25) is 0 Å². The number of aromatic hydroxyl groups is 1. The lowest BCUT2D eigenvalue weighted by Gasteiger charge is -2.21. The van der Waals surface area contributed by atoms with Crippen LogP contribution in [0.4, 0.5) is 0 Å². The number of carboxylic acids is 1. The summed E-state index contributed by atoms with van der Waals surface area (Å²) in [6.07, 6.45) is -0.909. The standard InChI is InChI=1S/C29H33NO6/c1-17-13-24(22-5-6-23(16-27(33)34)26(15-22)20(4)31)14-18(2)29(17)36-12-11-30-19(3)28(35)21-7-9-25(32)10-8-21/h5-10,13-15,19,28,30,32,35H,11-12,16H2,1-4H3,(H,33,34)/t19-,28-/m0/s1. The quantitative estimate of drug-likeness (QED) is 0.229. The number of hydrogen-bond donors (Lipinski definition) is 4. The van der Waals surface area contributed by atoms with Crippen molar-refractivity contribution < 1.29 is 29.6 Å². The van der Waals surface area contributed by atoms with Gasteiger partial charge >= 0.3 is 5.97 Å². The van der Waals surface area contributed by atoms with Crippen LogP contribution in [0.3, 0.4) is 0 Å². The molecule has 0 aliphatic heterocycles. The van der Waals surface area contributed by atoms with E-state index in [1.54, 1.807) is 36.4 Å². The van der Waals surface area contributed by atoms with Gasteiger partial charge in [-0.05, 0) is 91.4 Å². The Morgan fingerprint density at radius 3 is 2.19 bits per heavy atom. The van der Waals surface area contributed by atoms with Crippen LogP contribution in [0.25, 0.3) is 11.1 Å². The van der Waals surface area contributed by atoms with E-state index in [0.717, 1.165) is 33.6 Å². The molecule has 3 rings (SSSR count). The van der Waals surface area contributed by atoms with Gasteiger partial charge in [0.2, 0.25) is 0 Å². The molecule has 0 amide bonds. The highest BCUT2D eigenvalue weighted by atomic mass is 16.5. The number of nitrogens with one attached hydrogen (secondary N) is 1. The van der Waals surface area contributed by atoms with Gasteiger partial charge in [-0.2, -0.15) is 0 Å². The van der Waals surface area contributed by atoms with Crippen LogP contribution in [0.5, 0.6) is 11.5 Å². The summed E-state index contributed by atoms with van der Waals surface area (Å²) in [4.78, 5) is 23.2. The van der Waals surface area contributed by atoms with Crippen molar-refractivity contribution in [3.8, 4) is 22.6 Å². The maximum absolute atomic E-state index is 12.1. The zero-order chi connectivity index (χ0) is 26.4. The molecule has 0 saturated heterocycles. The first-order valence-electron chi connectivity index (χ1n) is 11.9. The largest absolute Gasteiger partial charge is 0.508 e. The minimum Gasteiger partial charge on any atom is -0.508 e. The third-order valence-corrected chi connectivity index (χ3v) is 6.15. The fourth-order valence-electron chi connectivity index (χ4n) is 4.26. The number of aliphatic carboxylic acids is 1. The summed E-state index contributed by atoms with van der Waals surface area (Å²) < 4.78 is 6.04. The highest BCUT2D eigenvalue weighted by molar-refractivity contribution is 5.97. The molecule has 7 heteroatoms. The first kappa shape index (κ1) is 26.9. The monoisotopic (exact) mass is 491 g/mol. The third kappa shape index (κ3) is 6.71. The number of ketones is 1. The van der Waals surface area contributed by atoms with Gasteiger partial charge in [0.25, 0.3) is 0 Å². The summed E-state index contributed by atoms with van der Waals surface area (Å²) in [5, 5.41) is 32.3. The van der Waals surface area contributed by atoms with E-state index in [9.17, 15) is 19.8 Å². The van der Waals surface area contributed by atoms with Crippen molar-refractivity contribution in [2.45, 2.75) is 46.3 Å². The maximum atomic E-state index is 12.1. The van der Waals surface area contributed by atoms with Crippen LogP contribution < -0.4 is 10.1 Å². The Kier molecular flexibility index (Phi) is 8.85. The van der Waals surface area contributed by atoms with E-state index >= 15 is 0 Å². The molecule has 190 valence electrons. The molecule has 0 aliphatic rings. The lowest BCUT2D eigenvalue weighted by molar-refractivity contribution is -0.136. The van der Waals surface area contributed by atoms with E-state index in [1.807, 2.05) is 39.0 Å². The van der Waals surface area contributed by atoms with Gasteiger partial charge in [0.15, 0.2) is 5.78 Å². The second kappa shape index (κ2) is 11.8. The number of carbonyl (C=O) groups is 2. The Bertz CT molecular complexity index is 1210. The molecular weight excluding hydrogens is 458 g/mol. The average molecular weight is 492 g/mol. The van der Waals surface area contributed by atoms with Crippen molar-refractivity contribution in [2.24, 2.45) is 0 Å². The van der Waals surface area contributed by atoms with E-state index in [0.29, 0.717) is 24.3 Å². The lowest BCUT2D eigenvalue weighted by Crippen LogP contribution is -2.35. The molecule has 0 radical (unpaired) electrons. The van der Waals surface area contributed by atoms with Gasteiger partial charge < -0.3 is 25.4 Å². The fraction of sp³-hybridized carbons (Fsp3) is 0.310. The lowest BCUT2D eigenvalue weighted by atomic mass is 9.94. The average Bonchev–Trinajstić information content (AvgIpc) is 2.82. The number of phenols is 1. The highest BCUT2D eigenvalue weighted by Gasteiger charge is 2.17. The Hall–Kier alpha value is -3.68. The molecule has 0 fully saturated rings. The molecule has 0 spiro atoms. The molecule has 36 heavy (non-hydrogen) atoms. The number of benzene rings is 3. The van der Waals surface area contributed by atoms with Gasteiger partial charge in [-0.1, -0.05) is 24.3 Å². The summed E-state index contributed by atoms with van der Waals surface area (Å²) in [6, 6.07) is 15.6. The summed E-state index contributed by atoms with van der Waals surface area (Å²) in [6.45, 7) is 8.19. The number of aliphatic hydroxyl groups excluding tert-OH is 1. The second-order valence-electron chi connectivity index (χ2n) is 9.07. The predicted molar refractivity (Wildman–Crippen MR) is 139 cm³/mol. The molecule has 0 aliphatic carbocycles. The molecule has 0 saturated carbocycles. The van der Waals surface area contributed by atoms with Gasteiger partial charge in [0.1, 0.15) is 18.1 Å². The first-order chi connectivity index (χ1) is 17.1. The molecule has 0 heterocycles. The van der Waals surface area contributed by atoms with Crippen LogP contribution in [-0.2, 0) is 11.2 Å². The normalized spacial score (nSPS) is 12.7. The summed E-state index contributed by atoms with van der Waals surface area (Å²) in [7, 11) is 0. The van der Waals surface area contributed by atoms with Gasteiger partial charge in [-0.15, -0.1) is 0 Å². The number of hydrogen-bond acceptors (Lipinski definition) is 6. The third-order valence-electron chi connectivity index (χ3n) is 6.15. The van der Waals surface area contributed by atoms with E-state index < -0.39 is 12.1 Å². The van der Waals surface area contributed by atoms with Crippen molar-refractivity contribution >= 4 is 11.8 Å². The van der Waals surface area contributed by atoms with Crippen LogP contribution >= 0.6 is 0 Å². The van der Waals surface area contributed by atoms with Crippen LogP contribution in [0.1, 0.15) is 52.6 Å². The molecule has 0 bridgehead atoms. The highest BCUT2D eigenvalue weighted by Crippen LogP contribution is 2.31. The minimum absolute atomic E-state index is 0.159. The van der Waals surface area contributed by atoms with E-state index in [-0.39, 0.29) is 24.0 Å². The zero-order valence-corrected chi connectivity index (χ0v) is 21.0. The fourth-order valence-corrected chi connectivity index (χ4v) is 4.26. The Balaban J connectivity index is 1.65. The van der Waals surface area contributed by atoms with Gasteiger partial charge in [-0.25, -0.2) is 0 Å². The van der Waals surface area contributed by atoms with Crippen LogP contribution in [-0.4, -0.2) is 46.3 Å². The Morgan fingerprint density at radius 2 is 1.61 bits per heavy atom. The van der Waals surface area contributed by atoms with Crippen molar-refractivity contribution in [3.63, 3.8) is 0 Å². The molecule has 3 aromatic rings. The summed E-state index contributed by atoms with van der Waals surface area (Å²) in [5.41, 5.74) is 5.29. The number of phenolic OH excluding ortho intramolecular Hbond substituents is 1. The van der Waals surface area contributed by atoms with Crippen molar-refractivity contribution in [1.82, 2.24) is 5.32 Å². The summed E-state index contributed by atoms with van der Waals surface area (Å²) in [5.74, 6) is -0.205. The number of carbonyl (C=O) groups excluding carboxylic acids is 1. The molecule has 3 aromatic carbocycles. The van der Waals surface area contributed by atoms with Gasteiger partial charge in [0, 0.05) is 18.2 Å². The van der Waals surface area contributed by atoms with Gasteiger partial charge in [-0.3, -0.25) is 9.59 Å². The maximum Gasteiger partial charge on any atom is 0.307 e. The van der Waals surface area contributed by atoms with Crippen LogP contribution in [0, 0.1) is 13.8 Å². The van der Waals surface area contributed by atoms with E-state index in [2.05, 4.69) is 5.32 Å². The predicted octanol–water partition coefficient (Wildman–Crippen LogP) is 4.60. The second-order valence-corrected chi connectivity index (χ2v) is 9.07. The van der Waals surface area contributed by atoms with Crippen molar-refractivity contribution in [3.05, 3.63) is 82.4 Å². The molecule has 0 unspecified atom stereocenters. The molecule has 0 aromatic heterocycles. The molecule has 4 N–H and O–H groups in total. The minimum atomic E-state index is -0.975. The number of aliphatic hydroxyl groups is 1. The summed E-state index contributed by atoms with van der Waals surface area (Å²) >= 11 is 0. The smallest absolute Gasteiger partial charge is 0.307 e. The van der Waals surface area contributed by atoms with Gasteiger partial charge in [0.05, 0.1) is 12.5 Å². The van der Waals surface area contributed by atoms with Crippen molar-refractivity contribution in [1.29, 1.82) is 0 Å². The first-order valence-corrected chi connectivity index (χ1v) is 11.9. The van der Waals surface area contributed by atoms with Crippen LogP contribution in [0.15, 0.2) is 54.6 Å². The van der Waals surface area contributed by atoms with Crippen molar-refractivity contribution in [2.75, 3.05) is 13.2 Å². The Labute approximate surface area is 211 Å². The topological polar surface area (TPSA) is 116 Å². The molecule has 2 atom stereocenters. The SMILES string of the molecule is CC(=O)c1cc(-c2cc(C)c(OCCN[C@@H](C)[C@H](O)c3ccc(O)cc3)c(C)c2)ccc1CC(=O)O. The number of rotatable bonds is 11. The molecule has 7 nitrogen and oxygen atoms in total. The number of Topliss-reactive ketones (excluding diaryl/α,β-unsaturated/α-hetero) is 1. The number of carboxylic acid groups (broad SMARTS) is 1. The molecular formula is C29H33NO6. The Morgan fingerprint density at radius 1 is 0.972 bits per heavy atom. The van der Waals surface area contributed by atoms with E-state index in [4.69, 9.17) is 9.84 Å². The zero-order valence-electron chi connectivity index (χ0n) is 21.0. The van der Waals surface area contributed by atoms with E-state index in [1.165, 1.54) is 6.92 Å². The number of aryl methyl sites for hydroxylation is 2. The number of ether oxygens (including phenoxy) is 1.